The van der Waals surface area contributed by atoms with Crippen molar-refractivity contribution in [3.8, 4) is 0 Å². The SMILES string of the molecule is CC(=O)O.CC(=O)O.O[C@H](CCN1CCC2(CC1)CNCCO2)c1ccccc1. The van der Waals surface area contributed by atoms with E-state index in [1.165, 1.54) is 0 Å². The number of aliphatic hydroxyl groups is 1. The highest BCUT2D eigenvalue weighted by molar-refractivity contribution is 5.63. The Morgan fingerprint density at radius 3 is 2.17 bits per heavy atom. The minimum Gasteiger partial charge on any atom is -0.481 e. The van der Waals surface area contributed by atoms with Crippen LogP contribution < -0.4 is 5.32 Å². The van der Waals surface area contributed by atoms with Gasteiger partial charge in [0.05, 0.1) is 18.3 Å². The number of aliphatic hydroxyl groups excluding tert-OH is 1. The quantitative estimate of drug-likeness (QED) is 0.593. The number of carbonyl (C=O) groups is 2. The van der Waals surface area contributed by atoms with E-state index in [0.717, 1.165) is 78.0 Å². The molecule has 2 aliphatic heterocycles. The molecule has 0 aliphatic carbocycles. The van der Waals surface area contributed by atoms with Gasteiger partial charge in [-0.15, -0.1) is 0 Å². The van der Waals surface area contributed by atoms with E-state index in [9.17, 15) is 5.11 Å². The number of nitrogens with one attached hydrogen (secondary N) is 1. The van der Waals surface area contributed by atoms with Crippen molar-refractivity contribution in [2.24, 2.45) is 0 Å². The van der Waals surface area contributed by atoms with Crippen molar-refractivity contribution in [1.29, 1.82) is 0 Å². The fourth-order valence-electron chi connectivity index (χ4n) is 3.36. The Balaban J connectivity index is 0.000000452. The molecule has 0 bridgehead atoms. The monoisotopic (exact) mass is 410 g/mol. The van der Waals surface area contributed by atoms with Crippen LogP contribution in [0.3, 0.4) is 0 Å². The number of carboxylic acid groups (broad SMARTS) is 2. The predicted molar refractivity (Wildman–Crippen MR) is 110 cm³/mol. The van der Waals surface area contributed by atoms with Crippen LogP contribution >= 0.6 is 0 Å². The third kappa shape index (κ3) is 10.9. The zero-order valence-electron chi connectivity index (χ0n) is 17.3. The van der Waals surface area contributed by atoms with Crippen LogP contribution in [-0.4, -0.2) is 77.1 Å². The van der Waals surface area contributed by atoms with Crippen molar-refractivity contribution in [1.82, 2.24) is 10.2 Å². The average molecular weight is 411 g/mol. The molecule has 2 aliphatic rings. The third-order valence-electron chi connectivity index (χ3n) is 4.80. The summed E-state index contributed by atoms with van der Waals surface area (Å²) in [6, 6.07) is 9.94. The lowest BCUT2D eigenvalue weighted by Crippen LogP contribution is -2.55. The maximum Gasteiger partial charge on any atom is 0.300 e. The van der Waals surface area contributed by atoms with Crippen LogP contribution in [0.4, 0.5) is 0 Å². The minimum absolute atomic E-state index is 0.0762. The molecule has 8 heteroatoms. The summed E-state index contributed by atoms with van der Waals surface area (Å²) in [5.41, 5.74) is 1.10. The van der Waals surface area contributed by atoms with Crippen LogP contribution in [0.2, 0.25) is 0 Å². The highest BCUT2D eigenvalue weighted by Gasteiger charge is 2.36. The molecule has 1 aromatic carbocycles. The molecule has 1 atom stereocenters. The summed E-state index contributed by atoms with van der Waals surface area (Å²) < 4.78 is 6.01. The van der Waals surface area contributed by atoms with Crippen LogP contribution in [0.5, 0.6) is 0 Å². The Labute approximate surface area is 172 Å². The zero-order chi connectivity index (χ0) is 21.7. The highest BCUT2D eigenvalue weighted by atomic mass is 16.5. The summed E-state index contributed by atoms with van der Waals surface area (Å²) >= 11 is 0. The topological polar surface area (TPSA) is 119 Å². The molecule has 2 fully saturated rings. The Bertz CT molecular complexity index is 574. The lowest BCUT2D eigenvalue weighted by molar-refractivity contribution is -0.135. The molecular formula is C21H34N2O6. The van der Waals surface area contributed by atoms with Gasteiger partial charge < -0.3 is 30.3 Å². The van der Waals surface area contributed by atoms with Gasteiger partial charge in [0, 0.05) is 46.6 Å². The van der Waals surface area contributed by atoms with Gasteiger partial charge in [0.15, 0.2) is 0 Å². The molecule has 3 rings (SSSR count). The first kappa shape index (κ1) is 25.0. The van der Waals surface area contributed by atoms with Gasteiger partial charge in [-0.2, -0.15) is 0 Å². The molecule has 0 amide bonds. The molecule has 4 N–H and O–H groups in total. The molecular weight excluding hydrogens is 376 g/mol. The summed E-state index contributed by atoms with van der Waals surface area (Å²) in [6.45, 7) is 8.08. The number of benzene rings is 1. The van der Waals surface area contributed by atoms with Gasteiger partial charge >= 0.3 is 0 Å². The van der Waals surface area contributed by atoms with Gasteiger partial charge in [-0.3, -0.25) is 9.59 Å². The van der Waals surface area contributed by atoms with Crippen molar-refractivity contribution < 1.29 is 29.6 Å². The first-order valence-corrected chi connectivity index (χ1v) is 9.93. The molecule has 0 saturated carbocycles. The highest BCUT2D eigenvalue weighted by Crippen LogP contribution is 2.28. The van der Waals surface area contributed by atoms with Crippen molar-refractivity contribution in [2.45, 2.75) is 44.8 Å². The van der Waals surface area contributed by atoms with Crippen molar-refractivity contribution >= 4 is 11.9 Å². The van der Waals surface area contributed by atoms with E-state index in [2.05, 4.69) is 10.2 Å². The fourth-order valence-corrected chi connectivity index (χ4v) is 3.36. The summed E-state index contributed by atoms with van der Waals surface area (Å²) in [5.74, 6) is -1.67. The minimum atomic E-state index is -0.833. The molecule has 8 nitrogen and oxygen atoms in total. The average Bonchev–Trinajstić information content (AvgIpc) is 2.68. The molecule has 0 unspecified atom stereocenters. The van der Waals surface area contributed by atoms with Crippen molar-refractivity contribution in [2.75, 3.05) is 39.3 Å². The number of hydrogen-bond donors (Lipinski definition) is 4. The van der Waals surface area contributed by atoms with E-state index >= 15 is 0 Å². The predicted octanol–water partition coefficient (Wildman–Crippen LogP) is 1.75. The van der Waals surface area contributed by atoms with E-state index in [-0.39, 0.29) is 11.7 Å². The third-order valence-corrected chi connectivity index (χ3v) is 4.80. The molecule has 0 aromatic heterocycles. The van der Waals surface area contributed by atoms with Gasteiger partial charge in [-0.1, -0.05) is 30.3 Å². The zero-order valence-corrected chi connectivity index (χ0v) is 17.3. The number of ether oxygens (including phenoxy) is 1. The number of hydrogen-bond acceptors (Lipinski definition) is 6. The lowest BCUT2D eigenvalue weighted by Gasteiger charge is -2.44. The number of morpholine rings is 1. The summed E-state index contributed by atoms with van der Waals surface area (Å²) in [5, 5.41) is 28.5. The molecule has 2 saturated heterocycles. The van der Waals surface area contributed by atoms with Crippen LogP contribution in [-0.2, 0) is 14.3 Å². The van der Waals surface area contributed by atoms with E-state index in [4.69, 9.17) is 24.5 Å². The molecule has 29 heavy (non-hydrogen) atoms. The van der Waals surface area contributed by atoms with Crippen LogP contribution in [0.1, 0.15) is 44.8 Å². The Morgan fingerprint density at radius 2 is 1.69 bits per heavy atom. The van der Waals surface area contributed by atoms with Gasteiger partial charge in [-0.05, 0) is 24.8 Å². The van der Waals surface area contributed by atoms with Gasteiger partial charge in [-0.25, -0.2) is 0 Å². The second kappa shape index (κ2) is 13.3. The van der Waals surface area contributed by atoms with Gasteiger partial charge in [0.1, 0.15) is 0 Å². The number of rotatable bonds is 4. The number of piperidine rings is 1. The second-order valence-corrected chi connectivity index (χ2v) is 7.30. The van der Waals surface area contributed by atoms with Crippen molar-refractivity contribution in [3.05, 3.63) is 35.9 Å². The molecule has 0 radical (unpaired) electrons. The normalized spacial score (nSPS) is 19.1. The second-order valence-electron chi connectivity index (χ2n) is 7.30. The number of aliphatic carboxylic acids is 2. The fraction of sp³-hybridized carbons (Fsp3) is 0.619. The van der Waals surface area contributed by atoms with Crippen LogP contribution in [0, 0.1) is 0 Å². The van der Waals surface area contributed by atoms with Gasteiger partial charge in [0.25, 0.3) is 11.9 Å². The number of carboxylic acids is 2. The lowest BCUT2D eigenvalue weighted by atomic mass is 9.90. The van der Waals surface area contributed by atoms with Crippen LogP contribution in [0.15, 0.2) is 30.3 Å². The first-order valence-electron chi connectivity index (χ1n) is 9.93. The Morgan fingerprint density at radius 1 is 1.14 bits per heavy atom. The first-order chi connectivity index (χ1) is 13.7. The Kier molecular flexibility index (Phi) is 11.5. The maximum absolute atomic E-state index is 10.2. The maximum atomic E-state index is 10.2. The standard InChI is InChI=1S/C17H26N2O2.2C2H4O2/c20-16(15-4-2-1-3-5-15)6-10-19-11-7-17(8-12-19)14-18-9-13-21-17;2*1-2(3)4/h1-5,16,18,20H,6-14H2;2*1H3,(H,3,4)/t16-;;/m1../s1. The van der Waals surface area contributed by atoms with Crippen LogP contribution in [0.25, 0.3) is 0 Å². The number of likely N-dealkylation sites (tertiary alicyclic amines) is 1. The smallest absolute Gasteiger partial charge is 0.300 e. The van der Waals surface area contributed by atoms with E-state index in [0.29, 0.717) is 0 Å². The van der Waals surface area contributed by atoms with E-state index in [1.54, 1.807) is 0 Å². The van der Waals surface area contributed by atoms with E-state index < -0.39 is 11.9 Å². The molecule has 1 spiro atoms. The summed E-state index contributed by atoms with van der Waals surface area (Å²) in [6.07, 6.45) is 2.65. The molecule has 164 valence electrons. The molecule has 2 heterocycles. The van der Waals surface area contributed by atoms with Gasteiger partial charge in [0.2, 0.25) is 0 Å². The Hall–Kier alpha value is -2.00. The largest absolute Gasteiger partial charge is 0.481 e. The van der Waals surface area contributed by atoms with E-state index in [1.807, 2.05) is 30.3 Å². The summed E-state index contributed by atoms with van der Waals surface area (Å²) in [4.78, 5) is 20.5. The number of nitrogens with zero attached hydrogens (tertiary/aromatic N) is 1. The molecule has 1 aromatic rings. The summed E-state index contributed by atoms with van der Waals surface area (Å²) in [7, 11) is 0. The van der Waals surface area contributed by atoms with Crippen molar-refractivity contribution in [3.63, 3.8) is 0 Å².